The Kier molecular flexibility index (Phi) is 3.57. The van der Waals surface area contributed by atoms with Gasteiger partial charge in [-0.1, -0.05) is 0 Å². The maximum atomic E-state index is 11.6. The molecule has 0 aliphatic carbocycles. The van der Waals surface area contributed by atoms with Crippen LogP contribution < -0.4 is 9.47 Å². The topological polar surface area (TPSA) is 38.8 Å². The molecule has 0 amide bonds. The molecule has 1 aliphatic rings. The molecule has 98 valence electrons. The summed E-state index contributed by atoms with van der Waals surface area (Å²) in [5.74, 6) is 1.67. The van der Waals surface area contributed by atoms with E-state index in [4.69, 9.17) is 9.47 Å². The van der Waals surface area contributed by atoms with Gasteiger partial charge in [-0.05, 0) is 43.7 Å². The van der Waals surface area contributed by atoms with E-state index < -0.39 is 0 Å². The van der Waals surface area contributed by atoms with Crippen LogP contribution in [0, 0.1) is 0 Å². The first-order chi connectivity index (χ1) is 8.56. The van der Waals surface area contributed by atoms with Gasteiger partial charge < -0.3 is 9.47 Å². The van der Waals surface area contributed by atoms with Crippen LogP contribution in [0.25, 0.3) is 0 Å². The average molecular weight is 249 g/mol. The van der Waals surface area contributed by atoms with E-state index in [0.29, 0.717) is 0 Å². The van der Waals surface area contributed by atoms with Crippen molar-refractivity contribution in [1.82, 2.24) is 4.90 Å². The summed E-state index contributed by atoms with van der Waals surface area (Å²) >= 11 is 0. The van der Waals surface area contributed by atoms with Crippen LogP contribution in [-0.4, -0.2) is 38.0 Å². The zero-order chi connectivity index (χ0) is 13.3. The van der Waals surface area contributed by atoms with Crippen molar-refractivity contribution in [2.75, 3.05) is 21.3 Å². The van der Waals surface area contributed by atoms with Gasteiger partial charge in [0.25, 0.3) is 0 Å². The Hall–Kier alpha value is -1.55. The highest BCUT2D eigenvalue weighted by molar-refractivity contribution is 5.82. The molecule has 0 fully saturated rings. The van der Waals surface area contributed by atoms with Crippen molar-refractivity contribution in [2.45, 2.75) is 25.9 Å². The summed E-state index contributed by atoms with van der Waals surface area (Å²) in [7, 11) is 5.24. The highest BCUT2D eigenvalue weighted by atomic mass is 16.5. The SMILES string of the molecule is COc1cc2c(cc1OC)CN(C)[C@H](C(C)=O)C2. The third kappa shape index (κ3) is 2.20. The van der Waals surface area contributed by atoms with E-state index in [2.05, 4.69) is 4.90 Å². The molecule has 0 N–H and O–H groups in total. The molecule has 1 atom stereocenters. The van der Waals surface area contributed by atoms with Crippen molar-refractivity contribution in [2.24, 2.45) is 0 Å². The van der Waals surface area contributed by atoms with Crippen molar-refractivity contribution < 1.29 is 14.3 Å². The minimum Gasteiger partial charge on any atom is -0.493 e. The Balaban J connectivity index is 2.40. The van der Waals surface area contributed by atoms with Gasteiger partial charge in [0.15, 0.2) is 11.5 Å². The van der Waals surface area contributed by atoms with Gasteiger partial charge in [-0.3, -0.25) is 9.69 Å². The molecule has 0 bridgehead atoms. The zero-order valence-corrected chi connectivity index (χ0v) is 11.3. The molecule has 1 aromatic carbocycles. The number of nitrogens with zero attached hydrogens (tertiary/aromatic N) is 1. The van der Waals surface area contributed by atoms with Gasteiger partial charge in [-0.2, -0.15) is 0 Å². The molecule has 0 saturated heterocycles. The van der Waals surface area contributed by atoms with E-state index >= 15 is 0 Å². The van der Waals surface area contributed by atoms with Gasteiger partial charge in [-0.15, -0.1) is 0 Å². The molecular formula is C14H19NO3. The van der Waals surface area contributed by atoms with Crippen LogP contribution in [0.2, 0.25) is 0 Å². The lowest BCUT2D eigenvalue weighted by molar-refractivity contribution is -0.122. The molecule has 4 heteroatoms. The Morgan fingerprint density at radius 2 is 1.78 bits per heavy atom. The van der Waals surface area contributed by atoms with Crippen molar-refractivity contribution >= 4 is 5.78 Å². The summed E-state index contributed by atoms with van der Waals surface area (Å²) in [6, 6.07) is 3.95. The fourth-order valence-electron chi connectivity index (χ4n) is 2.50. The van der Waals surface area contributed by atoms with Crippen LogP contribution >= 0.6 is 0 Å². The summed E-state index contributed by atoms with van der Waals surface area (Å²) in [6.45, 7) is 2.41. The van der Waals surface area contributed by atoms with E-state index in [9.17, 15) is 4.79 Å². The number of ketones is 1. The maximum Gasteiger partial charge on any atom is 0.161 e. The first-order valence-electron chi connectivity index (χ1n) is 6.01. The molecule has 18 heavy (non-hydrogen) atoms. The first-order valence-corrected chi connectivity index (χ1v) is 6.01. The Labute approximate surface area is 107 Å². The second-order valence-electron chi connectivity index (χ2n) is 4.72. The number of likely N-dealkylation sites (N-methyl/N-ethyl adjacent to an activating group) is 1. The lowest BCUT2D eigenvalue weighted by atomic mass is 9.92. The number of Topliss-reactive ketones (excluding diaryl/α,β-unsaturated/α-hetero) is 1. The summed E-state index contributed by atoms with van der Waals surface area (Å²) in [4.78, 5) is 13.7. The predicted molar refractivity (Wildman–Crippen MR) is 69.2 cm³/mol. The van der Waals surface area contributed by atoms with Gasteiger partial charge >= 0.3 is 0 Å². The molecule has 1 aromatic rings. The number of hydrogen-bond acceptors (Lipinski definition) is 4. The van der Waals surface area contributed by atoms with Crippen molar-refractivity contribution in [3.8, 4) is 11.5 Å². The van der Waals surface area contributed by atoms with Gasteiger partial charge in [0.05, 0.1) is 20.3 Å². The molecule has 1 heterocycles. The van der Waals surface area contributed by atoms with Crippen molar-refractivity contribution in [3.63, 3.8) is 0 Å². The molecular weight excluding hydrogens is 230 g/mol. The molecule has 0 unspecified atom stereocenters. The molecule has 2 rings (SSSR count). The van der Waals surface area contributed by atoms with E-state index in [1.807, 2.05) is 19.2 Å². The van der Waals surface area contributed by atoms with E-state index in [0.717, 1.165) is 24.5 Å². The highest BCUT2D eigenvalue weighted by Gasteiger charge is 2.27. The smallest absolute Gasteiger partial charge is 0.161 e. The highest BCUT2D eigenvalue weighted by Crippen LogP contribution is 2.34. The van der Waals surface area contributed by atoms with Gasteiger partial charge in [0.1, 0.15) is 5.78 Å². The molecule has 1 aliphatic heterocycles. The lowest BCUT2D eigenvalue weighted by Crippen LogP contribution is -2.42. The second kappa shape index (κ2) is 4.98. The summed E-state index contributed by atoms with van der Waals surface area (Å²) < 4.78 is 10.6. The van der Waals surface area contributed by atoms with E-state index in [-0.39, 0.29) is 11.8 Å². The number of carbonyl (C=O) groups excluding carboxylic acids is 1. The minimum absolute atomic E-state index is 0.0319. The Morgan fingerprint density at radius 3 is 2.28 bits per heavy atom. The fraction of sp³-hybridized carbons (Fsp3) is 0.500. The molecule has 0 spiro atoms. The van der Waals surface area contributed by atoms with Crippen LogP contribution in [0.1, 0.15) is 18.1 Å². The third-order valence-corrected chi connectivity index (χ3v) is 3.54. The van der Waals surface area contributed by atoms with Crippen LogP contribution in [-0.2, 0) is 17.8 Å². The fourth-order valence-corrected chi connectivity index (χ4v) is 2.50. The normalized spacial score (nSPS) is 19.2. The number of benzene rings is 1. The largest absolute Gasteiger partial charge is 0.493 e. The van der Waals surface area contributed by atoms with E-state index in [1.54, 1.807) is 21.1 Å². The minimum atomic E-state index is -0.0319. The number of methoxy groups -OCH3 is 2. The summed E-state index contributed by atoms with van der Waals surface area (Å²) in [5.41, 5.74) is 2.37. The van der Waals surface area contributed by atoms with Crippen molar-refractivity contribution in [3.05, 3.63) is 23.3 Å². The third-order valence-electron chi connectivity index (χ3n) is 3.54. The Bertz CT molecular complexity index is 470. The predicted octanol–water partition coefficient (Wildman–Crippen LogP) is 1.65. The first kappa shape index (κ1) is 12.9. The van der Waals surface area contributed by atoms with Crippen LogP contribution in [0.4, 0.5) is 0 Å². The van der Waals surface area contributed by atoms with Crippen LogP contribution in [0.15, 0.2) is 12.1 Å². The molecule has 0 aromatic heterocycles. The maximum absolute atomic E-state index is 11.6. The number of rotatable bonds is 3. The second-order valence-corrected chi connectivity index (χ2v) is 4.72. The van der Waals surface area contributed by atoms with Gasteiger partial charge in [-0.25, -0.2) is 0 Å². The summed E-state index contributed by atoms with van der Waals surface area (Å²) in [5, 5.41) is 0. The lowest BCUT2D eigenvalue weighted by Gasteiger charge is -2.32. The number of fused-ring (bicyclic) bond motifs is 1. The number of hydrogen-bond donors (Lipinski definition) is 0. The number of ether oxygens (including phenoxy) is 2. The standard InChI is InChI=1S/C14H19NO3/c1-9(16)12-5-10-6-13(17-3)14(18-4)7-11(10)8-15(12)2/h6-7,12H,5,8H2,1-4H3/t12-/m0/s1. The van der Waals surface area contributed by atoms with Gasteiger partial charge in [0.2, 0.25) is 0 Å². The molecule has 0 saturated carbocycles. The van der Waals surface area contributed by atoms with Crippen LogP contribution in [0.3, 0.4) is 0 Å². The Morgan fingerprint density at radius 1 is 1.22 bits per heavy atom. The van der Waals surface area contributed by atoms with Gasteiger partial charge in [0, 0.05) is 6.54 Å². The van der Waals surface area contributed by atoms with Crippen LogP contribution in [0.5, 0.6) is 11.5 Å². The zero-order valence-electron chi connectivity index (χ0n) is 11.3. The number of carbonyl (C=O) groups is 1. The quantitative estimate of drug-likeness (QED) is 0.816. The molecule has 4 nitrogen and oxygen atoms in total. The summed E-state index contributed by atoms with van der Waals surface area (Å²) in [6.07, 6.45) is 0.738. The molecule has 0 radical (unpaired) electrons. The average Bonchev–Trinajstić information content (AvgIpc) is 2.36. The van der Waals surface area contributed by atoms with Crippen molar-refractivity contribution in [1.29, 1.82) is 0 Å². The van der Waals surface area contributed by atoms with E-state index in [1.165, 1.54) is 11.1 Å². The monoisotopic (exact) mass is 249 g/mol.